The minimum Gasteiger partial charge on any atom is -0.492 e. The van der Waals surface area contributed by atoms with Crippen LogP contribution in [0, 0.1) is 0 Å². The Kier molecular flexibility index (Phi) is 8.27. The number of amides is 1. The maximum absolute atomic E-state index is 13.3. The Hall–Kier alpha value is -2.87. The second kappa shape index (κ2) is 11.1. The predicted molar refractivity (Wildman–Crippen MR) is 127 cm³/mol. The molecule has 0 bridgehead atoms. The summed E-state index contributed by atoms with van der Waals surface area (Å²) in [6.07, 6.45) is 0.469. The quantitative estimate of drug-likeness (QED) is 0.467. The van der Waals surface area contributed by atoms with Crippen LogP contribution in [-0.2, 0) is 21.2 Å². The molecule has 0 aromatic heterocycles. The van der Waals surface area contributed by atoms with Gasteiger partial charge in [-0.2, -0.15) is 4.31 Å². The number of nitrogens with zero attached hydrogens (tertiary/aromatic N) is 1. The number of nitrogens with one attached hydrogen (secondary N) is 1. The van der Waals surface area contributed by atoms with Gasteiger partial charge in [-0.05, 0) is 55.3 Å². The van der Waals surface area contributed by atoms with Crippen molar-refractivity contribution in [2.24, 2.45) is 0 Å². The van der Waals surface area contributed by atoms with Crippen molar-refractivity contribution in [1.29, 1.82) is 0 Å². The van der Waals surface area contributed by atoms with Gasteiger partial charge in [-0.15, -0.1) is 0 Å². The minimum atomic E-state index is -3.91. The van der Waals surface area contributed by atoms with Crippen LogP contribution in [0.3, 0.4) is 0 Å². The van der Waals surface area contributed by atoms with E-state index < -0.39 is 15.9 Å². The van der Waals surface area contributed by atoms with Gasteiger partial charge in [0.25, 0.3) is 0 Å². The first-order chi connectivity index (χ1) is 15.4. The zero-order valence-corrected chi connectivity index (χ0v) is 19.3. The zero-order valence-electron chi connectivity index (χ0n) is 17.7. The maximum Gasteiger partial charge on any atom is 0.243 e. The Morgan fingerprint density at radius 2 is 1.62 bits per heavy atom. The van der Waals surface area contributed by atoms with Crippen LogP contribution in [0.5, 0.6) is 5.75 Å². The molecule has 8 heteroatoms. The van der Waals surface area contributed by atoms with Crippen LogP contribution in [0.15, 0.2) is 83.8 Å². The molecule has 0 saturated carbocycles. The fourth-order valence-corrected chi connectivity index (χ4v) is 4.66. The molecule has 0 atom stereocenters. The van der Waals surface area contributed by atoms with E-state index in [1.165, 1.54) is 28.6 Å². The monoisotopic (exact) mass is 472 g/mol. The van der Waals surface area contributed by atoms with Crippen LogP contribution in [0.25, 0.3) is 0 Å². The van der Waals surface area contributed by atoms with Gasteiger partial charge >= 0.3 is 0 Å². The number of rotatable bonds is 10. The molecular weight excluding hydrogens is 448 g/mol. The van der Waals surface area contributed by atoms with Crippen LogP contribution >= 0.6 is 11.6 Å². The molecule has 0 unspecified atom stereocenters. The smallest absolute Gasteiger partial charge is 0.243 e. The van der Waals surface area contributed by atoms with E-state index in [9.17, 15) is 13.2 Å². The van der Waals surface area contributed by atoms with E-state index in [1.54, 1.807) is 24.3 Å². The van der Waals surface area contributed by atoms with Crippen molar-refractivity contribution in [3.8, 4) is 5.75 Å². The first-order valence-electron chi connectivity index (χ1n) is 10.2. The number of benzene rings is 3. The van der Waals surface area contributed by atoms with E-state index >= 15 is 0 Å². The Morgan fingerprint density at radius 1 is 0.969 bits per heavy atom. The fraction of sp³-hybridized carbons (Fsp3) is 0.208. The number of hydrogen-bond donors (Lipinski definition) is 1. The highest BCUT2D eigenvalue weighted by molar-refractivity contribution is 7.89. The summed E-state index contributed by atoms with van der Waals surface area (Å²) < 4.78 is 33.3. The number of anilines is 1. The van der Waals surface area contributed by atoms with Gasteiger partial charge < -0.3 is 10.1 Å². The number of halogens is 1. The number of hydrogen-bond acceptors (Lipinski definition) is 4. The first-order valence-corrected chi connectivity index (χ1v) is 12.0. The number of carbonyl (C=O) groups excluding carboxylic acids is 1. The normalized spacial score (nSPS) is 11.3. The maximum atomic E-state index is 13.3. The van der Waals surface area contributed by atoms with E-state index in [1.807, 2.05) is 37.3 Å². The van der Waals surface area contributed by atoms with E-state index in [0.717, 1.165) is 5.56 Å². The van der Waals surface area contributed by atoms with Crippen LogP contribution < -0.4 is 10.1 Å². The molecule has 6 nitrogen and oxygen atoms in total. The number of sulfonamides is 1. The molecule has 0 heterocycles. The minimum absolute atomic E-state index is 0.0810. The van der Waals surface area contributed by atoms with Crippen molar-refractivity contribution in [3.63, 3.8) is 0 Å². The highest BCUT2D eigenvalue weighted by Crippen LogP contribution is 2.24. The molecule has 0 fully saturated rings. The van der Waals surface area contributed by atoms with Crippen molar-refractivity contribution >= 4 is 33.2 Å². The summed E-state index contributed by atoms with van der Waals surface area (Å²) in [4.78, 5) is 12.9. The van der Waals surface area contributed by atoms with E-state index in [-0.39, 0.29) is 18.0 Å². The summed E-state index contributed by atoms with van der Waals surface area (Å²) in [5, 5.41) is 3.20. The molecule has 168 valence electrons. The van der Waals surface area contributed by atoms with Gasteiger partial charge in [0, 0.05) is 11.6 Å². The summed E-state index contributed by atoms with van der Waals surface area (Å²) in [7, 11) is -3.91. The first kappa shape index (κ1) is 23.8. The third-order valence-electron chi connectivity index (χ3n) is 4.73. The van der Waals surface area contributed by atoms with Gasteiger partial charge in [-0.25, -0.2) is 8.42 Å². The summed E-state index contributed by atoms with van der Waals surface area (Å²) in [5.74, 6) is 0.0718. The lowest BCUT2D eigenvalue weighted by Crippen LogP contribution is -2.39. The average Bonchev–Trinajstić information content (AvgIpc) is 2.79. The molecule has 0 spiro atoms. The van der Waals surface area contributed by atoms with E-state index in [4.69, 9.17) is 16.3 Å². The zero-order chi connectivity index (χ0) is 23.0. The molecular formula is C24H25ClN2O4S. The second-order valence-corrected chi connectivity index (χ2v) is 9.38. The fourth-order valence-electron chi connectivity index (χ4n) is 3.14. The third-order valence-corrected chi connectivity index (χ3v) is 6.84. The van der Waals surface area contributed by atoms with Gasteiger partial charge in [-0.1, -0.05) is 54.1 Å². The number of ether oxygens (including phenoxy) is 1. The molecule has 0 radical (unpaired) electrons. The molecule has 0 aliphatic heterocycles. The Balaban J connectivity index is 1.81. The standard InChI is InChI=1S/C24H25ClN2O4S/c1-2-31-23-11-7-6-10-22(23)26-24(28)18-27(17-16-19-8-4-3-5-9-19)32(29,30)21-14-12-20(25)13-15-21/h3-15H,2,16-18H2,1H3,(H,26,28). The van der Waals surface area contributed by atoms with Crippen molar-refractivity contribution in [3.05, 3.63) is 89.4 Å². The molecule has 32 heavy (non-hydrogen) atoms. The molecule has 0 aliphatic rings. The van der Waals surface area contributed by atoms with Crippen LogP contribution in [-0.4, -0.2) is 38.3 Å². The number of para-hydroxylation sites is 2. The van der Waals surface area contributed by atoms with Crippen LogP contribution in [0.4, 0.5) is 5.69 Å². The van der Waals surface area contributed by atoms with Gasteiger partial charge in [0.15, 0.2) is 0 Å². The molecule has 1 amide bonds. The Labute approximate surface area is 193 Å². The SMILES string of the molecule is CCOc1ccccc1NC(=O)CN(CCc1ccccc1)S(=O)(=O)c1ccc(Cl)cc1. The summed E-state index contributed by atoms with van der Waals surface area (Å²) in [5.41, 5.74) is 1.47. The molecule has 3 aromatic carbocycles. The predicted octanol–water partition coefficient (Wildman–Crippen LogP) is 4.61. The van der Waals surface area contributed by atoms with Gasteiger partial charge in [-0.3, -0.25) is 4.79 Å². The molecule has 1 N–H and O–H groups in total. The molecule has 0 aliphatic carbocycles. The van der Waals surface area contributed by atoms with Crippen LogP contribution in [0.1, 0.15) is 12.5 Å². The topological polar surface area (TPSA) is 75.7 Å². The lowest BCUT2D eigenvalue weighted by Gasteiger charge is -2.22. The molecule has 0 saturated heterocycles. The van der Waals surface area contributed by atoms with Gasteiger partial charge in [0.2, 0.25) is 15.9 Å². The summed E-state index contributed by atoms with van der Waals surface area (Å²) >= 11 is 5.91. The highest BCUT2D eigenvalue weighted by Gasteiger charge is 2.27. The third kappa shape index (κ3) is 6.32. The van der Waals surface area contributed by atoms with E-state index in [0.29, 0.717) is 29.5 Å². The van der Waals surface area contributed by atoms with E-state index in [2.05, 4.69) is 5.32 Å². The lowest BCUT2D eigenvalue weighted by molar-refractivity contribution is -0.116. The highest BCUT2D eigenvalue weighted by atomic mass is 35.5. The lowest BCUT2D eigenvalue weighted by atomic mass is 10.1. The Bertz CT molecular complexity index is 1140. The second-order valence-electron chi connectivity index (χ2n) is 7.01. The average molecular weight is 473 g/mol. The largest absolute Gasteiger partial charge is 0.492 e. The van der Waals surface area contributed by atoms with Gasteiger partial charge in [0.05, 0.1) is 23.7 Å². The van der Waals surface area contributed by atoms with Crippen molar-refractivity contribution < 1.29 is 17.9 Å². The summed E-state index contributed by atoms with van der Waals surface area (Å²) in [6.45, 7) is 2.11. The van der Waals surface area contributed by atoms with Crippen molar-refractivity contribution in [2.75, 3.05) is 25.0 Å². The van der Waals surface area contributed by atoms with Gasteiger partial charge in [0.1, 0.15) is 5.75 Å². The number of carbonyl (C=O) groups is 1. The van der Waals surface area contributed by atoms with Crippen LogP contribution in [0.2, 0.25) is 5.02 Å². The summed E-state index contributed by atoms with van der Waals surface area (Å²) in [6, 6.07) is 22.5. The van der Waals surface area contributed by atoms with Crippen molar-refractivity contribution in [2.45, 2.75) is 18.2 Å². The molecule has 3 rings (SSSR count). The Morgan fingerprint density at radius 3 is 2.31 bits per heavy atom. The molecule has 3 aromatic rings. The van der Waals surface area contributed by atoms with Crippen molar-refractivity contribution in [1.82, 2.24) is 4.31 Å².